The summed E-state index contributed by atoms with van der Waals surface area (Å²) in [6.45, 7) is 3.50. The summed E-state index contributed by atoms with van der Waals surface area (Å²) in [5.74, 6) is -0.438. The minimum Gasteiger partial charge on any atom is -0.466 e. The van der Waals surface area contributed by atoms with Crippen LogP contribution in [0.5, 0.6) is 0 Å². The number of nitrogens with zero attached hydrogens (tertiary/aromatic N) is 1. The summed E-state index contributed by atoms with van der Waals surface area (Å²) in [5, 5.41) is 15.9. The normalized spacial score (nSPS) is 13.1. The van der Waals surface area contributed by atoms with E-state index in [2.05, 4.69) is 9.57 Å². The van der Waals surface area contributed by atoms with E-state index in [4.69, 9.17) is 10.4 Å². The molecule has 0 aromatic rings. The Hall–Kier alpha value is -0.690. The molecule has 0 heterocycles. The summed E-state index contributed by atoms with van der Waals surface area (Å²) < 4.78 is 4.59. The number of esters is 1. The molecule has 0 amide bonds. The molecule has 0 aromatic heterocycles. The molecule has 0 spiro atoms. The molecular weight excluding hydrogens is 166 g/mol. The molecule has 0 aromatic carbocycles. The summed E-state index contributed by atoms with van der Waals surface area (Å²) in [7, 11) is 0. The fraction of sp³-hybridized carbons (Fsp3) is 0.833. The Kier molecular flexibility index (Phi) is 5.56. The first-order valence-electron chi connectivity index (χ1n) is 3.56. The molecule has 0 bridgehead atoms. The zero-order chi connectivity index (χ0) is 9.56. The maximum atomic E-state index is 10.8. The van der Waals surface area contributed by atoms with Crippen LogP contribution in [0.4, 0.5) is 0 Å². The van der Waals surface area contributed by atoms with Crippen LogP contribution in [0.1, 0.15) is 20.3 Å². The van der Waals surface area contributed by atoms with Gasteiger partial charge >= 0.3 is 5.97 Å². The molecule has 12 heavy (non-hydrogen) atoms. The van der Waals surface area contributed by atoms with E-state index >= 15 is 0 Å². The third kappa shape index (κ3) is 6.05. The second-order valence-electron chi connectivity index (χ2n) is 2.18. The number of hydrogen-bond donors (Lipinski definition) is 2. The molecular formula is C6H13NO5. The maximum absolute atomic E-state index is 10.8. The van der Waals surface area contributed by atoms with Gasteiger partial charge in [0.1, 0.15) is 0 Å². The van der Waals surface area contributed by atoms with Crippen LogP contribution >= 0.6 is 0 Å². The Morgan fingerprint density at radius 1 is 1.58 bits per heavy atom. The van der Waals surface area contributed by atoms with E-state index in [1.54, 1.807) is 6.92 Å². The topological polar surface area (TPSA) is 79.2 Å². The first kappa shape index (κ1) is 11.3. The highest BCUT2D eigenvalue weighted by atomic mass is 17.1. The van der Waals surface area contributed by atoms with Gasteiger partial charge in [-0.1, -0.05) is 0 Å². The van der Waals surface area contributed by atoms with Crippen LogP contribution in [0, 0.1) is 0 Å². The number of hydrogen-bond acceptors (Lipinski definition) is 6. The minimum absolute atomic E-state index is 0.0224. The average Bonchev–Trinajstić information content (AvgIpc) is 1.84. The Labute approximate surface area is 70.2 Å². The number of ether oxygens (including phenoxy) is 1. The van der Waals surface area contributed by atoms with E-state index in [-0.39, 0.29) is 6.42 Å². The highest BCUT2D eigenvalue weighted by Crippen LogP contribution is 1.99. The van der Waals surface area contributed by atoms with Crippen LogP contribution in [0.3, 0.4) is 0 Å². The van der Waals surface area contributed by atoms with Crippen molar-refractivity contribution in [2.75, 3.05) is 6.61 Å². The molecule has 0 saturated heterocycles. The fourth-order valence-corrected chi connectivity index (χ4v) is 0.653. The summed E-state index contributed by atoms with van der Waals surface area (Å²) in [4.78, 5) is 15.1. The van der Waals surface area contributed by atoms with E-state index in [9.17, 15) is 4.79 Å². The van der Waals surface area contributed by atoms with Crippen LogP contribution in [0.25, 0.3) is 0 Å². The zero-order valence-corrected chi connectivity index (χ0v) is 7.06. The predicted octanol–water partition coefficient (Wildman–Crippen LogP) is 0.340. The van der Waals surface area contributed by atoms with E-state index in [0.717, 1.165) is 0 Å². The number of carbonyl (C=O) groups is 1. The van der Waals surface area contributed by atoms with Crippen LogP contribution in [-0.2, 0) is 14.4 Å². The monoisotopic (exact) mass is 179 g/mol. The van der Waals surface area contributed by atoms with Gasteiger partial charge in [-0.2, -0.15) is 0 Å². The second-order valence-corrected chi connectivity index (χ2v) is 2.18. The molecule has 0 aliphatic heterocycles. The third-order valence-electron chi connectivity index (χ3n) is 1.03. The van der Waals surface area contributed by atoms with E-state index in [0.29, 0.717) is 6.61 Å². The van der Waals surface area contributed by atoms with Crippen molar-refractivity contribution in [3.63, 3.8) is 0 Å². The van der Waals surface area contributed by atoms with Gasteiger partial charge in [-0.15, -0.1) is 0 Å². The molecule has 0 fully saturated rings. The summed E-state index contributed by atoms with van der Waals surface area (Å²) in [6.07, 6.45) is -0.648. The van der Waals surface area contributed by atoms with Crippen LogP contribution in [0.2, 0.25) is 0 Å². The van der Waals surface area contributed by atoms with Gasteiger partial charge in [0, 0.05) is 0 Å². The van der Waals surface area contributed by atoms with Crippen LogP contribution < -0.4 is 0 Å². The molecule has 1 atom stereocenters. The van der Waals surface area contributed by atoms with Gasteiger partial charge < -0.3 is 4.74 Å². The van der Waals surface area contributed by atoms with E-state index in [1.807, 2.05) is 0 Å². The maximum Gasteiger partial charge on any atom is 0.308 e. The first-order valence-corrected chi connectivity index (χ1v) is 3.56. The van der Waals surface area contributed by atoms with Crippen molar-refractivity contribution < 1.29 is 24.8 Å². The number of rotatable bonds is 5. The Balaban J connectivity index is 3.54. The van der Waals surface area contributed by atoms with E-state index in [1.165, 1.54) is 6.92 Å². The molecule has 0 rings (SSSR count). The number of carbonyl (C=O) groups excluding carboxylic acids is 1. The molecule has 1 unspecified atom stereocenters. The lowest BCUT2D eigenvalue weighted by Crippen LogP contribution is -2.24. The van der Waals surface area contributed by atoms with Gasteiger partial charge in [-0.25, -0.2) is 4.84 Å². The van der Waals surface area contributed by atoms with Crippen LogP contribution in [0.15, 0.2) is 0 Å². The van der Waals surface area contributed by atoms with E-state index < -0.39 is 17.5 Å². The third-order valence-corrected chi connectivity index (χ3v) is 1.03. The SMILES string of the molecule is CCOC(=O)CC(C)ON(O)O. The van der Waals surface area contributed by atoms with Gasteiger partial charge in [-0.3, -0.25) is 15.2 Å². The Morgan fingerprint density at radius 3 is 2.58 bits per heavy atom. The average molecular weight is 179 g/mol. The van der Waals surface area contributed by atoms with Crippen molar-refractivity contribution in [1.82, 2.24) is 5.39 Å². The lowest BCUT2D eigenvalue weighted by atomic mass is 10.3. The zero-order valence-electron chi connectivity index (χ0n) is 7.06. The highest BCUT2D eigenvalue weighted by molar-refractivity contribution is 5.69. The van der Waals surface area contributed by atoms with Crippen molar-refractivity contribution in [1.29, 1.82) is 0 Å². The summed E-state index contributed by atoms with van der Waals surface area (Å²) in [6, 6.07) is 0. The lowest BCUT2D eigenvalue weighted by Gasteiger charge is -2.12. The molecule has 6 nitrogen and oxygen atoms in total. The molecule has 0 saturated carbocycles. The molecule has 0 radical (unpaired) electrons. The Morgan fingerprint density at radius 2 is 2.17 bits per heavy atom. The Bertz CT molecular complexity index is 138. The van der Waals surface area contributed by atoms with Gasteiger partial charge in [0.2, 0.25) is 0 Å². The minimum atomic E-state index is -0.626. The molecule has 6 heteroatoms. The summed E-state index contributed by atoms with van der Waals surface area (Å²) in [5.41, 5.74) is 0. The van der Waals surface area contributed by atoms with Gasteiger partial charge in [0.25, 0.3) is 0 Å². The second kappa shape index (κ2) is 5.90. The van der Waals surface area contributed by atoms with Gasteiger partial charge in [-0.05, 0) is 13.8 Å². The van der Waals surface area contributed by atoms with Crippen molar-refractivity contribution in [3.8, 4) is 0 Å². The first-order chi connectivity index (χ1) is 5.56. The van der Waals surface area contributed by atoms with Gasteiger partial charge in [0.15, 0.2) is 0 Å². The molecule has 72 valence electrons. The van der Waals surface area contributed by atoms with Crippen molar-refractivity contribution in [2.24, 2.45) is 0 Å². The molecule has 2 N–H and O–H groups in total. The molecule has 0 aliphatic carbocycles. The quantitative estimate of drug-likeness (QED) is 0.468. The smallest absolute Gasteiger partial charge is 0.308 e. The van der Waals surface area contributed by atoms with Gasteiger partial charge in [0.05, 0.1) is 24.5 Å². The summed E-state index contributed by atoms with van der Waals surface area (Å²) >= 11 is 0. The highest BCUT2D eigenvalue weighted by Gasteiger charge is 2.12. The largest absolute Gasteiger partial charge is 0.466 e. The van der Waals surface area contributed by atoms with Crippen LogP contribution in [-0.4, -0.2) is 34.5 Å². The van der Waals surface area contributed by atoms with Crippen molar-refractivity contribution in [2.45, 2.75) is 26.4 Å². The molecule has 0 aliphatic rings. The fourth-order valence-electron chi connectivity index (χ4n) is 0.653. The lowest BCUT2D eigenvalue weighted by molar-refractivity contribution is -0.503. The van der Waals surface area contributed by atoms with Crippen molar-refractivity contribution >= 4 is 5.97 Å². The predicted molar refractivity (Wildman–Crippen MR) is 37.2 cm³/mol. The standard InChI is InChI=1S/C6H13NO5/c1-3-11-6(8)4-5(2)12-7(9)10/h5,9-10H,3-4H2,1-2H3. The van der Waals surface area contributed by atoms with Crippen molar-refractivity contribution in [3.05, 3.63) is 0 Å².